The zero-order chi connectivity index (χ0) is 16.7. The van der Waals surface area contributed by atoms with Gasteiger partial charge in [0.05, 0.1) is 5.41 Å². The molecule has 4 rings (SSSR count). The van der Waals surface area contributed by atoms with Crippen molar-refractivity contribution in [1.82, 2.24) is 9.97 Å². The molecule has 0 unspecified atom stereocenters. The smallest absolute Gasteiger partial charge is 0.236 e. The van der Waals surface area contributed by atoms with Crippen LogP contribution in [0.4, 0.5) is 11.6 Å². The fraction of sp³-hybridized carbons (Fsp3) is 0.389. The Bertz CT molecular complexity index is 778. The molecular weight excluding hydrogens is 302 g/mol. The molecule has 1 fully saturated rings. The second kappa shape index (κ2) is 5.56. The lowest BCUT2D eigenvalue weighted by molar-refractivity contribution is -0.121. The maximum atomic E-state index is 12.7. The number of carbonyl (C=O) groups is 1. The number of hydrogen-bond donors (Lipinski definition) is 2. The second-order valence-corrected chi connectivity index (χ2v) is 6.66. The SMILES string of the molecule is Cc1ccc(N2CCC3(CC2)C(=O)Nc2ncc(CN)cc23)nc1. The molecule has 1 amide bonds. The van der Waals surface area contributed by atoms with E-state index in [0.717, 1.165) is 48.4 Å². The number of carbonyl (C=O) groups excluding carboxylic acids is 1. The van der Waals surface area contributed by atoms with E-state index in [9.17, 15) is 4.79 Å². The van der Waals surface area contributed by atoms with Crippen LogP contribution >= 0.6 is 0 Å². The highest BCUT2D eigenvalue weighted by molar-refractivity contribution is 6.05. The summed E-state index contributed by atoms with van der Waals surface area (Å²) in [5.74, 6) is 1.73. The van der Waals surface area contributed by atoms with Gasteiger partial charge in [0.2, 0.25) is 5.91 Å². The topological polar surface area (TPSA) is 84.1 Å². The summed E-state index contributed by atoms with van der Waals surface area (Å²) in [4.78, 5) is 23.8. The van der Waals surface area contributed by atoms with Crippen LogP contribution in [-0.4, -0.2) is 29.0 Å². The molecule has 4 heterocycles. The summed E-state index contributed by atoms with van der Waals surface area (Å²) >= 11 is 0. The summed E-state index contributed by atoms with van der Waals surface area (Å²) in [5, 5.41) is 2.95. The minimum absolute atomic E-state index is 0.0655. The highest BCUT2D eigenvalue weighted by Crippen LogP contribution is 2.44. The average molecular weight is 323 g/mol. The summed E-state index contributed by atoms with van der Waals surface area (Å²) in [7, 11) is 0. The monoisotopic (exact) mass is 323 g/mol. The van der Waals surface area contributed by atoms with E-state index in [1.807, 2.05) is 25.3 Å². The predicted molar refractivity (Wildman–Crippen MR) is 92.9 cm³/mol. The number of piperidine rings is 1. The molecule has 0 atom stereocenters. The molecule has 2 aromatic heterocycles. The van der Waals surface area contributed by atoms with Crippen LogP contribution < -0.4 is 16.0 Å². The number of amides is 1. The van der Waals surface area contributed by atoms with E-state index in [-0.39, 0.29) is 5.91 Å². The Morgan fingerprint density at radius 1 is 1.25 bits per heavy atom. The number of aryl methyl sites for hydroxylation is 1. The molecule has 0 saturated carbocycles. The number of anilines is 2. The first-order valence-corrected chi connectivity index (χ1v) is 8.31. The van der Waals surface area contributed by atoms with Gasteiger partial charge in [0.1, 0.15) is 11.6 Å². The zero-order valence-electron chi connectivity index (χ0n) is 13.7. The molecule has 3 N–H and O–H groups in total. The Balaban J connectivity index is 1.61. The Hall–Kier alpha value is -2.47. The first-order valence-electron chi connectivity index (χ1n) is 8.31. The van der Waals surface area contributed by atoms with Gasteiger partial charge in [-0.2, -0.15) is 0 Å². The molecule has 0 aliphatic carbocycles. The van der Waals surface area contributed by atoms with Gasteiger partial charge in [0, 0.05) is 37.6 Å². The van der Waals surface area contributed by atoms with Crippen LogP contribution in [0.5, 0.6) is 0 Å². The maximum absolute atomic E-state index is 12.7. The van der Waals surface area contributed by atoms with E-state index in [1.54, 1.807) is 6.20 Å². The van der Waals surface area contributed by atoms with Gasteiger partial charge in [-0.3, -0.25) is 4.79 Å². The summed E-state index contributed by atoms with van der Waals surface area (Å²) in [6.45, 7) is 4.07. The molecule has 0 aromatic carbocycles. The van der Waals surface area contributed by atoms with Crippen molar-refractivity contribution in [3.05, 3.63) is 47.3 Å². The molecule has 1 spiro atoms. The summed E-state index contributed by atoms with van der Waals surface area (Å²) in [6.07, 6.45) is 5.15. The predicted octanol–water partition coefficient (Wildman–Crippen LogP) is 1.73. The molecule has 1 saturated heterocycles. The molecule has 124 valence electrons. The van der Waals surface area contributed by atoms with Gasteiger partial charge in [0.25, 0.3) is 0 Å². The van der Waals surface area contributed by atoms with E-state index in [1.165, 1.54) is 0 Å². The van der Waals surface area contributed by atoms with Crippen LogP contribution in [0.3, 0.4) is 0 Å². The van der Waals surface area contributed by atoms with Crippen molar-refractivity contribution < 1.29 is 4.79 Å². The van der Waals surface area contributed by atoms with Crippen molar-refractivity contribution in [2.45, 2.75) is 31.7 Å². The van der Waals surface area contributed by atoms with Crippen LogP contribution in [0.15, 0.2) is 30.6 Å². The van der Waals surface area contributed by atoms with Gasteiger partial charge in [0.15, 0.2) is 0 Å². The molecule has 2 aliphatic rings. The first kappa shape index (κ1) is 15.1. The number of hydrogen-bond acceptors (Lipinski definition) is 5. The summed E-state index contributed by atoms with van der Waals surface area (Å²) < 4.78 is 0. The molecular formula is C18H21N5O. The lowest BCUT2D eigenvalue weighted by Crippen LogP contribution is -2.46. The number of aromatic nitrogens is 2. The molecule has 2 aromatic rings. The molecule has 24 heavy (non-hydrogen) atoms. The van der Waals surface area contributed by atoms with E-state index >= 15 is 0 Å². The molecule has 0 radical (unpaired) electrons. The zero-order valence-corrected chi connectivity index (χ0v) is 13.7. The number of rotatable bonds is 2. The van der Waals surface area contributed by atoms with Crippen molar-refractivity contribution >= 4 is 17.5 Å². The molecule has 6 heteroatoms. The van der Waals surface area contributed by atoms with Crippen molar-refractivity contribution in [1.29, 1.82) is 0 Å². The van der Waals surface area contributed by atoms with Crippen molar-refractivity contribution in [3.63, 3.8) is 0 Å². The first-order chi connectivity index (χ1) is 11.6. The van der Waals surface area contributed by atoms with Gasteiger partial charge < -0.3 is 16.0 Å². The van der Waals surface area contributed by atoms with Gasteiger partial charge in [-0.15, -0.1) is 0 Å². The van der Waals surface area contributed by atoms with Crippen LogP contribution in [0.2, 0.25) is 0 Å². The summed E-state index contributed by atoms with van der Waals surface area (Å²) in [5.41, 5.74) is 8.39. The third kappa shape index (κ3) is 2.26. The average Bonchev–Trinajstić information content (AvgIpc) is 2.88. The number of pyridine rings is 2. The van der Waals surface area contributed by atoms with Crippen molar-refractivity contribution in [2.75, 3.05) is 23.3 Å². The van der Waals surface area contributed by atoms with Gasteiger partial charge in [-0.25, -0.2) is 9.97 Å². The van der Waals surface area contributed by atoms with Crippen LogP contribution in [0, 0.1) is 6.92 Å². The fourth-order valence-electron chi connectivity index (χ4n) is 3.69. The van der Waals surface area contributed by atoms with Crippen LogP contribution in [0.1, 0.15) is 29.5 Å². The fourth-order valence-corrected chi connectivity index (χ4v) is 3.69. The van der Waals surface area contributed by atoms with Crippen molar-refractivity contribution in [3.8, 4) is 0 Å². The van der Waals surface area contributed by atoms with Gasteiger partial charge in [-0.05, 0) is 43.0 Å². The van der Waals surface area contributed by atoms with E-state index in [4.69, 9.17) is 5.73 Å². The van der Waals surface area contributed by atoms with Crippen LogP contribution in [0.25, 0.3) is 0 Å². The Morgan fingerprint density at radius 2 is 2.04 bits per heavy atom. The summed E-state index contributed by atoms with van der Waals surface area (Å²) in [6, 6.07) is 6.16. The largest absolute Gasteiger partial charge is 0.357 e. The third-order valence-electron chi connectivity index (χ3n) is 5.20. The Labute approximate surface area is 141 Å². The quantitative estimate of drug-likeness (QED) is 0.879. The Morgan fingerprint density at radius 3 is 2.71 bits per heavy atom. The van der Waals surface area contributed by atoms with E-state index < -0.39 is 5.41 Å². The normalized spacial score (nSPS) is 18.6. The van der Waals surface area contributed by atoms with Gasteiger partial charge in [-0.1, -0.05) is 6.07 Å². The lowest BCUT2D eigenvalue weighted by atomic mass is 9.74. The highest BCUT2D eigenvalue weighted by atomic mass is 16.2. The van der Waals surface area contributed by atoms with E-state index in [2.05, 4.69) is 26.3 Å². The lowest BCUT2D eigenvalue weighted by Gasteiger charge is -2.38. The minimum atomic E-state index is -0.477. The minimum Gasteiger partial charge on any atom is -0.357 e. The standard InChI is InChI=1S/C18H21N5O/c1-12-2-3-15(20-10-12)23-6-4-18(5-7-23)14-8-13(9-19)11-21-16(14)22-17(18)24/h2-3,8,10-11H,4-7,9,19H2,1H3,(H,21,22,24). The highest BCUT2D eigenvalue weighted by Gasteiger charge is 2.49. The maximum Gasteiger partial charge on any atom is 0.236 e. The van der Waals surface area contributed by atoms with Crippen LogP contribution in [-0.2, 0) is 16.8 Å². The molecule has 2 aliphatic heterocycles. The number of nitrogens with two attached hydrogens (primary N) is 1. The number of nitrogens with zero attached hydrogens (tertiary/aromatic N) is 3. The second-order valence-electron chi connectivity index (χ2n) is 6.66. The third-order valence-corrected chi connectivity index (χ3v) is 5.20. The number of nitrogens with one attached hydrogen (secondary N) is 1. The van der Waals surface area contributed by atoms with E-state index in [0.29, 0.717) is 12.4 Å². The molecule has 6 nitrogen and oxygen atoms in total. The number of fused-ring (bicyclic) bond motifs is 2. The van der Waals surface area contributed by atoms with Gasteiger partial charge >= 0.3 is 0 Å². The Kier molecular flexibility index (Phi) is 3.49. The van der Waals surface area contributed by atoms with Crippen molar-refractivity contribution in [2.24, 2.45) is 5.73 Å². The molecule has 0 bridgehead atoms.